The van der Waals surface area contributed by atoms with Gasteiger partial charge in [0.15, 0.2) is 5.96 Å². The van der Waals surface area contributed by atoms with Gasteiger partial charge in [0, 0.05) is 37.3 Å². The van der Waals surface area contributed by atoms with Crippen LogP contribution < -0.4 is 16.0 Å². The second-order valence-electron chi connectivity index (χ2n) is 5.46. The summed E-state index contributed by atoms with van der Waals surface area (Å²) < 4.78 is 0. The van der Waals surface area contributed by atoms with E-state index in [-0.39, 0.29) is 5.91 Å². The van der Waals surface area contributed by atoms with Crippen LogP contribution in [-0.2, 0) is 6.54 Å². The molecule has 25 heavy (non-hydrogen) atoms. The van der Waals surface area contributed by atoms with Gasteiger partial charge in [0.1, 0.15) is 0 Å². The van der Waals surface area contributed by atoms with Gasteiger partial charge < -0.3 is 16.0 Å². The van der Waals surface area contributed by atoms with Gasteiger partial charge in [-0.3, -0.25) is 9.79 Å². The zero-order valence-electron chi connectivity index (χ0n) is 14.3. The highest BCUT2D eigenvalue weighted by molar-refractivity contribution is 6.30. The number of carbonyl (C=O) groups excluding carboxylic acids is 1. The van der Waals surface area contributed by atoms with Crippen molar-refractivity contribution in [1.82, 2.24) is 16.0 Å². The van der Waals surface area contributed by atoms with Crippen LogP contribution in [0.25, 0.3) is 0 Å². The van der Waals surface area contributed by atoms with Crippen LogP contribution in [0.1, 0.15) is 22.3 Å². The fraction of sp³-hybridized carbons (Fsp3) is 0.263. The minimum atomic E-state index is -0.0518. The standard InChI is InChI=1S/C19H23ClN4O/c1-21-19(24-14-15-7-5-10-17(20)13-15)23-12-6-11-22-18(25)16-8-3-2-4-9-16/h2-5,7-10,13H,6,11-12,14H2,1H3,(H,22,25)(H2,21,23,24). The van der Waals surface area contributed by atoms with Gasteiger partial charge in [-0.1, -0.05) is 41.9 Å². The van der Waals surface area contributed by atoms with Crippen LogP contribution in [0, 0.1) is 0 Å². The maximum Gasteiger partial charge on any atom is 0.251 e. The average Bonchev–Trinajstić information content (AvgIpc) is 2.64. The van der Waals surface area contributed by atoms with Crippen LogP contribution in [0.5, 0.6) is 0 Å². The van der Waals surface area contributed by atoms with Crippen LogP contribution >= 0.6 is 11.6 Å². The molecule has 0 atom stereocenters. The van der Waals surface area contributed by atoms with Crippen molar-refractivity contribution in [1.29, 1.82) is 0 Å². The Morgan fingerprint density at radius 3 is 2.48 bits per heavy atom. The van der Waals surface area contributed by atoms with E-state index in [1.807, 2.05) is 42.5 Å². The summed E-state index contributed by atoms with van der Waals surface area (Å²) in [4.78, 5) is 16.1. The minimum Gasteiger partial charge on any atom is -0.356 e. The Hall–Kier alpha value is -2.53. The van der Waals surface area contributed by atoms with Gasteiger partial charge in [-0.2, -0.15) is 0 Å². The van der Waals surface area contributed by atoms with Crippen molar-refractivity contribution in [2.75, 3.05) is 20.1 Å². The molecule has 0 fully saturated rings. The SMILES string of the molecule is CN=C(NCCCNC(=O)c1ccccc1)NCc1cccc(Cl)c1. The molecule has 2 rings (SSSR count). The molecule has 5 nitrogen and oxygen atoms in total. The third kappa shape index (κ3) is 6.85. The second-order valence-corrected chi connectivity index (χ2v) is 5.89. The molecule has 1 amide bonds. The van der Waals surface area contributed by atoms with Crippen molar-refractivity contribution in [3.63, 3.8) is 0 Å². The summed E-state index contributed by atoms with van der Waals surface area (Å²) in [6, 6.07) is 16.9. The number of amides is 1. The van der Waals surface area contributed by atoms with Gasteiger partial charge in [-0.15, -0.1) is 0 Å². The number of guanidine groups is 1. The molecule has 0 spiro atoms. The summed E-state index contributed by atoms with van der Waals surface area (Å²) in [5.41, 5.74) is 1.76. The molecular formula is C19H23ClN4O. The Kier molecular flexibility index (Phi) is 7.79. The van der Waals surface area contributed by atoms with Crippen molar-refractivity contribution in [2.24, 2.45) is 4.99 Å². The van der Waals surface area contributed by atoms with Crippen LogP contribution in [0.4, 0.5) is 0 Å². The number of halogens is 1. The van der Waals surface area contributed by atoms with Gasteiger partial charge in [0.25, 0.3) is 5.91 Å². The maximum absolute atomic E-state index is 11.9. The number of nitrogens with zero attached hydrogens (tertiary/aromatic N) is 1. The number of aliphatic imine (C=N–C) groups is 1. The van der Waals surface area contributed by atoms with E-state index < -0.39 is 0 Å². The second kappa shape index (κ2) is 10.4. The third-order valence-electron chi connectivity index (χ3n) is 3.54. The fourth-order valence-electron chi connectivity index (χ4n) is 2.24. The van der Waals surface area contributed by atoms with Gasteiger partial charge in [0.05, 0.1) is 0 Å². The van der Waals surface area contributed by atoms with E-state index in [1.54, 1.807) is 19.2 Å². The summed E-state index contributed by atoms with van der Waals surface area (Å²) in [5.74, 6) is 0.665. The summed E-state index contributed by atoms with van der Waals surface area (Å²) in [6.07, 6.45) is 0.802. The zero-order chi connectivity index (χ0) is 17.9. The highest BCUT2D eigenvalue weighted by Crippen LogP contribution is 2.10. The molecule has 2 aromatic carbocycles. The predicted molar refractivity (Wildman–Crippen MR) is 103 cm³/mol. The topological polar surface area (TPSA) is 65.5 Å². The van der Waals surface area contributed by atoms with E-state index in [2.05, 4.69) is 20.9 Å². The highest BCUT2D eigenvalue weighted by atomic mass is 35.5. The summed E-state index contributed by atoms with van der Waals surface area (Å²) in [5, 5.41) is 10.1. The lowest BCUT2D eigenvalue weighted by Gasteiger charge is -2.12. The largest absolute Gasteiger partial charge is 0.356 e. The van der Waals surface area contributed by atoms with E-state index in [0.29, 0.717) is 25.2 Å². The summed E-state index contributed by atoms with van der Waals surface area (Å²) in [7, 11) is 1.73. The van der Waals surface area contributed by atoms with Crippen molar-refractivity contribution >= 4 is 23.5 Å². The predicted octanol–water partition coefficient (Wildman–Crippen LogP) is 2.83. The number of hydrogen-bond acceptors (Lipinski definition) is 2. The zero-order valence-corrected chi connectivity index (χ0v) is 15.0. The van der Waals surface area contributed by atoms with Gasteiger partial charge in [0.2, 0.25) is 0 Å². The first-order valence-electron chi connectivity index (χ1n) is 8.21. The first-order chi connectivity index (χ1) is 12.2. The summed E-state index contributed by atoms with van der Waals surface area (Å²) >= 11 is 5.97. The normalized spacial score (nSPS) is 11.0. The molecule has 2 aromatic rings. The molecule has 0 aliphatic carbocycles. The lowest BCUT2D eigenvalue weighted by Crippen LogP contribution is -2.38. The molecule has 0 aliphatic rings. The van der Waals surface area contributed by atoms with E-state index in [9.17, 15) is 4.79 Å². The molecule has 0 aromatic heterocycles. The number of nitrogens with one attached hydrogen (secondary N) is 3. The van der Waals surface area contributed by atoms with Crippen molar-refractivity contribution < 1.29 is 4.79 Å². The van der Waals surface area contributed by atoms with E-state index in [0.717, 1.165) is 23.0 Å². The summed E-state index contributed by atoms with van der Waals surface area (Å²) in [6.45, 7) is 1.96. The van der Waals surface area contributed by atoms with Crippen molar-refractivity contribution in [2.45, 2.75) is 13.0 Å². The fourth-order valence-corrected chi connectivity index (χ4v) is 2.45. The van der Waals surface area contributed by atoms with Gasteiger partial charge >= 0.3 is 0 Å². The van der Waals surface area contributed by atoms with E-state index >= 15 is 0 Å². The number of benzene rings is 2. The monoisotopic (exact) mass is 358 g/mol. The molecule has 0 unspecified atom stereocenters. The quantitative estimate of drug-likeness (QED) is 0.405. The molecule has 0 heterocycles. The van der Waals surface area contributed by atoms with Crippen LogP contribution in [0.2, 0.25) is 5.02 Å². The van der Waals surface area contributed by atoms with E-state index in [1.165, 1.54) is 0 Å². The van der Waals surface area contributed by atoms with Crippen molar-refractivity contribution in [3.8, 4) is 0 Å². The lowest BCUT2D eigenvalue weighted by atomic mass is 10.2. The highest BCUT2D eigenvalue weighted by Gasteiger charge is 2.03. The van der Waals surface area contributed by atoms with Crippen LogP contribution in [0.3, 0.4) is 0 Å². The molecule has 0 radical (unpaired) electrons. The molecule has 6 heteroatoms. The molecule has 0 saturated heterocycles. The molecule has 132 valence electrons. The average molecular weight is 359 g/mol. The first kappa shape index (κ1) is 18.8. The van der Waals surface area contributed by atoms with Crippen molar-refractivity contribution in [3.05, 3.63) is 70.7 Å². The third-order valence-corrected chi connectivity index (χ3v) is 3.78. The minimum absolute atomic E-state index is 0.0518. The maximum atomic E-state index is 11.9. The van der Waals surface area contributed by atoms with E-state index in [4.69, 9.17) is 11.6 Å². The molecule has 3 N–H and O–H groups in total. The van der Waals surface area contributed by atoms with Gasteiger partial charge in [-0.05, 0) is 36.2 Å². The number of carbonyl (C=O) groups is 1. The Labute approximate surface area is 153 Å². The molecule has 0 saturated carbocycles. The first-order valence-corrected chi connectivity index (χ1v) is 8.59. The molecule has 0 bridgehead atoms. The Morgan fingerprint density at radius 2 is 1.76 bits per heavy atom. The van der Waals surface area contributed by atoms with Crippen LogP contribution in [-0.4, -0.2) is 32.0 Å². The Balaban J connectivity index is 1.63. The smallest absolute Gasteiger partial charge is 0.251 e. The Morgan fingerprint density at radius 1 is 1.00 bits per heavy atom. The number of hydrogen-bond donors (Lipinski definition) is 3. The molecule has 0 aliphatic heterocycles. The number of rotatable bonds is 7. The lowest BCUT2D eigenvalue weighted by molar-refractivity contribution is 0.0953. The molecular weight excluding hydrogens is 336 g/mol. The van der Waals surface area contributed by atoms with Crippen LogP contribution in [0.15, 0.2) is 59.6 Å². The Bertz CT molecular complexity index is 704. The van der Waals surface area contributed by atoms with Gasteiger partial charge in [-0.25, -0.2) is 0 Å².